The summed E-state index contributed by atoms with van der Waals surface area (Å²) < 4.78 is 9.09. The summed E-state index contributed by atoms with van der Waals surface area (Å²) >= 11 is 0. The Balaban J connectivity index is 1.43. The van der Waals surface area contributed by atoms with Gasteiger partial charge in [-0.05, 0) is 68.7 Å². The number of para-hydroxylation sites is 1. The molecule has 10 rings (SSSR count). The Morgan fingerprint density at radius 3 is 1.98 bits per heavy atom. The van der Waals surface area contributed by atoms with Crippen LogP contribution in [0.2, 0.25) is 0 Å². The van der Waals surface area contributed by atoms with Gasteiger partial charge in [-0.1, -0.05) is 97.1 Å². The van der Waals surface area contributed by atoms with E-state index in [-0.39, 0.29) is 0 Å². The van der Waals surface area contributed by atoms with Crippen molar-refractivity contribution >= 4 is 65.3 Å². The van der Waals surface area contributed by atoms with Crippen molar-refractivity contribution in [2.75, 3.05) is 0 Å². The summed E-state index contributed by atoms with van der Waals surface area (Å²) in [4.78, 5) is 0. The monoisotopic (exact) mass is 507 g/mol. The molecule has 0 spiro atoms. The molecular formula is C38H21NO. The van der Waals surface area contributed by atoms with E-state index in [1.807, 2.05) is 6.07 Å². The molecule has 0 N–H and O–H groups in total. The van der Waals surface area contributed by atoms with Gasteiger partial charge < -0.3 is 8.98 Å². The first-order valence-corrected chi connectivity index (χ1v) is 13.8. The highest BCUT2D eigenvalue weighted by molar-refractivity contribution is 6.30. The largest absolute Gasteiger partial charge is 0.455 e. The third-order valence-corrected chi connectivity index (χ3v) is 8.93. The fraction of sp³-hybridized carbons (Fsp3) is 0. The third-order valence-electron chi connectivity index (χ3n) is 8.93. The molecule has 9 aromatic rings. The topological polar surface area (TPSA) is 18.1 Å². The van der Waals surface area contributed by atoms with Crippen LogP contribution in [0.15, 0.2) is 132 Å². The van der Waals surface area contributed by atoms with Gasteiger partial charge >= 0.3 is 0 Å². The lowest BCUT2D eigenvalue weighted by molar-refractivity contribution is 0.673. The molecule has 7 aromatic carbocycles. The fourth-order valence-corrected chi connectivity index (χ4v) is 7.29. The molecule has 1 aliphatic carbocycles. The van der Waals surface area contributed by atoms with E-state index in [0.717, 1.165) is 27.5 Å². The number of benzene rings is 7. The van der Waals surface area contributed by atoms with Gasteiger partial charge in [0, 0.05) is 21.5 Å². The van der Waals surface area contributed by atoms with Crippen molar-refractivity contribution in [2.45, 2.75) is 0 Å². The van der Waals surface area contributed by atoms with Gasteiger partial charge in [-0.3, -0.25) is 0 Å². The maximum atomic E-state index is 6.64. The van der Waals surface area contributed by atoms with Crippen LogP contribution >= 0.6 is 0 Å². The normalized spacial score (nSPS) is 12.5. The van der Waals surface area contributed by atoms with Gasteiger partial charge in [-0.2, -0.15) is 0 Å². The van der Waals surface area contributed by atoms with Crippen LogP contribution in [0.4, 0.5) is 0 Å². The van der Waals surface area contributed by atoms with Crippen LogP contribution in [0, 0.1) is 0 Å². The van der Waals surface area contributed by atoms with Gasteiger partial charge in [0.2, 0.25) is 0 Å². The lowest BCUT2D eigenvalue weighted by Gasteiger charge is -2.13. The van der Waals surface area contributed by atoms with E-state index in [4.69, 9.17) is 4.42 Å². The molecule has 2 aromatic heterocycles. The summed E-state index contributed by atoms with van der Waals surface area (Å²) in [6.07, 6.45) is 0. The molecule has 2 heteroatoms. The smallest absolute Gasteiger partial charge is 0.145 e. The van der Waals surface area contributed by atoms with E-state index in [1.54, 1.807) is 0 Å². The van der Waals surface area contributed by atoms with E-state index in [9.17, 15) is 0 Å². The van der Waals surface area contributed by atoms with E-state index in [2.05, 4.69) is 126 Å². The number of hydrogen-bond donors (Lipinski definition) is 0. The van der Waals surface area contributed by atoms with Crippen molar-refractivity contribution in [3.8, 4) is 27.9 Å². The molecule has 0 amide bonds. The van der Waals surface area contributed by atoms with Crippen LogP contribution < -0.4 is 0 Å². The number of aromatic nitrogens is 1. The molecule has 0 aliphatic heterocycles. The highest BCUT2D eigenvalue weighted by Crippen LogP contribution is 2.50. The molecule has 0 bridgehead atoms. The summed E-state index contributed by atoms with van der Waals surface area (Å²) in [6, 6.07) is 46.2. The van der Waals surface area contributed by atoms with Gasteiger partial charge in [-0.25, -0.2) is 0 Å². The minimum absolute atomic E-state index is 0.925. The minimum Gasteiger partial charge on any atom is -0.455 e. The van der Waals surface area contributed by atoms with Crippen molar-refractivity contribution in [3.05, 3.63) is 127 Å². The van der Waals surface area contributed by atoms with E-state index < -0.39 is 0 Å². The first kappa shape index (κ1) is 20.6. The first-order valence-electron chi connectivity index (χ1n) is 13.8. The SMILES string of the molecule is c1ccc2c(c1)-c1cccc3c(-n4c5ccc6ccccc6c5c5c6oc7ccccc7c6ccc54)ccc-2c13. The van der Waals surface area contributed by atoms with Crippen LogP contribution in [-0.4, -0.2) is 4.57 Å². The van der Waals surface area contributed by atoms with Crippen LogP contribution in [0.1, 0.15) is 0 Å². The van der Waals surface area contributed by atoms with Crippen molar-refractivity contribution in [1.82, 2.24) is 4.57 Å². The maximum Gasteiger partial charge on any atom is 0.145 e. The Bertz CT molecular complexity index is 2510. The minimum atomic E-state index is 0.925. The highest BCUT2D eigenvalue weighted by Gasteiger charge is 2.25. The predicted octanol–water partition coefficient (Wildman–Crippen LogP) is 10.6. The van der Waals surface area contributed by atoms with E-state index >= 15 is 0 Å². The summed E-state index contributed by atoms with van der Waals surface area (Å²) in [7, 11) is 0. The van der Waals surface area contributed by atoms with Gasteiger partial charge in [0.25, 0.3) is 0 Å². The first-order chi connectivity index (χ1) is 19.9. The molecule has 40 heavy (non-hydrogen) atoms. The molecule has 184 valence electrons. The number of rotatable bonds is 1. The number of furan rings is 1. The Hall–Kier alpha value is -5.34. The number of hydrogen-bond acceptors (Lipinski definition) is 1. The average Bonchev–Trinajstić information content (AvgIpc) is 3.66. The fourth-order valence-electron chi connectivity index (χ4n) is 7.29. The second-order valence-electron chi connectivity index (χ2n) is 10.9. The van der Waals surface area contributed by atoms with Crippen LogP contribution in [0.5, 0.6) is 0 Å². The highest BCUT2D eigenvalue weighted by atomic mass is 16.3. The Morgan fingerprint density at radius 1 is 0.400 bits per heavy atom. The zero-order valence-electron chi connectivity index (χ0n) is 21.5. The van der Waals surface area contributed by atoms with Crippen molar-refractivity contribution in [3.63, 3.8) is 0 Å². The zero-order chi connectivity index (χ0) is 25.9. The summed E-state index contributed by atoms with van der Waals surface area (Å²) in [5, 5.41) is 9.81. The van der Waals surface area contributed by atoms with E-state index in [0.29, 0.717) is 0 Å². The maximum absolute atomic E-state index is 6.64. The molecule has 1 aliphatic rings. The molecule has 2 nitrogen and oxygen atoms in total. The summed E-state index contributed by atoms with van der Waals surface area (Å²) in [5.41, 5.74) is 10.7. The molecule has 0 radical (unpaired) electrons. The Kier molecular flexibility index (Phi) is 3.70. The van der Waals surface area contributed by atoms with Crippen molar-refractivity contribution in [2.24, 2.45) is 0 Å². The van der Waals surface area contributed by atoms with Gasteiger partial charge in [0.05, 0.1) is 22.1 Å². The zero-order valence-corrected chi connectivity index (χ0v) is 21.5. The van der Waals surface area contributed by atoms with Gasteiger partial charge in [0.15, 0.2) is 0 Å². The van der Waals surface area contributed by atoms with Crippen molar-refractivity contribution in [1.29, 1.82) is 0 Å². The molecule has 0 atom stereocenters. The standard InChI is InChI=1S/C38H21NO/c1-2-9-23-22(8-1)16-19-32-36(23)37-33(21-18-29-26-12-5-6-15-34(26)40-38(29)37)39(32)31-20-17-28-25-11-4-3-10-24(25)27-13-7-14-30(31)35(27)28/h1-21H. The quantitative estimate of drug-likeness (QED) is 0.216. The summed E-state index contributed by atoms with van der Waals surface area (Å²) in [5.74, 6) is 0. The molecular weight excluding hydrogens is 486 g/mol. The van der Waals surface area contributed by atoms with Gasteiger partial charge in [-0.15, -0.1) is 0 Å². The van der Waals surface area contributed by atoms with Crippen LogP contribution in [0.3, 0.4) is 0 Å². The lowest BCUT2D eigenvalue weighted by Crippen LogP contribution is -1.95. The third kappa shape index (κ3) is 2.41. The van der Waals surface area contributed by atoms with Gasteiger partial charge in [0.1, 0.15) is 11.2 Å². The number of fused-ring (bicyclic) bond motifs is 12. The van der Waals surface area contributed by atoms with Crippen molar-refractivity contribution < 1.29 is 4.42 Å². The Morgan fingerprint density at radius 2 is 1.07 bits per heavy atom. The summed E-state index contributed by atoms with van der Waals surface area (Å²) in [6.45, 7) is 0. The molecule has 0 fully saturated rings. The number of nitrogens with zero attached hydrogens (tertiary/aromatic N) is 1. The predicted molar refractivity (Wildman–Crippen MR) is 168 cm³/mol. The second-order valence-corrected chi connectivity index (χ2v) is 10.9. The lowest BCUT2D eigenvalue weighted by atomic mass is 10.0. The molecule has 0 saturated heterocycles. The van der Waals surface area contributed by atoms with Crippen LogP contribution in [-0.2, 0) is 0 Å². The molecule has 2 heterocycles. The molecule has 0 unspecified atom stereocenters. The molecule has 0 saturated carbocycles. The van der Waals surface area contributed by atoms with Crippen LogP contribution in [0.25, 0.3) is 93.2 Å². The second kappa shape index (κ2) is 7.19. The average molecular weight is 508 g/mol. The van der Waals surface area contributed by atoms with E-state index in [1.165, 1.54) is 65.8 Å². The Labute approximate surface area is 229 Å².